The fourth-order valence-corrected chi connectivity index (χ4v) is 1.98. The standard InChI is InChI=1S/C16H13FN4O2/c1-11(23-16(22)12-7-13(17)9-18-8-12)15-10-21(20-19-15)14-5-3-2-4-6-14/h2-11H,1H3/t11-/m1/s1. The first-order valence-corrected chi connectivity index (χ1v) is 6.92. The van der Waals surface area contributed by atoms with E-state index in [1.807, 2.05) is 30.3 Å². The van der Waals surface area contributed by atoms with Gasteiger partial charge in [-0.15, -0.1) is 5.10 Å². The molecule has 0 spiro atoms. The first-order chi connectivity index (χ1) is 11.1. The van der Waals surface area contributed by atoms with Gasteiger partial charge in [0.25, 0.3) is 0 Å². The molecule has 0 aliphatic carbocycles. The second kappa shape index (κ2) is 6.35. The molecule has 7 heteroatoms. The second-order valence-electron chi connectivity index (χ2n) is 4.86. The molecule has 0 amide bonds. The van der Waals surface area contributed by atoms with Crippen LogP contribution in [-0.4, -0.2) is 25.9 Å². The normalized spacial score (nSPS) is 11.9. The van der Waals surface area contributed by atoms with Crippen molar-refractivity contribution in [3.63, 3.8) is 0 Å². The van der Waals surface area contributed by atoms with E-state index in [0.29, 0.717) is 5.69 Å². The molecule has 0 bridgehead atoms. The molecule has 0 unspecified atom stereocenters. The smallest absolute Gasteiger partial charge is 0.340 e. The van der Waals surface area contributed by atoms with Crippen molar-refractivity contribution in [1.29, 1.82) is 0 Å². The summed E-state index contributed by atoms with van der Waals surface area (Å²) in [5.41, 5.74) is 1.39. The largest absolute Gasteiger partial charge is 0.452 e. The molecule has 2 heterocycles. The third kappa shape index (κ3) is 3.39. The number of carbonyl (C=O) groups is 1. The van der Waals surface area contributed by atoms with Crippen molar-refractivity contribution in [2.75, 3.05) is 0 Å². The Hall–Kier alpha value is -3.09. The number of rotatable bonds is 4. The minimum absolute atomic E-state index is 0.0484. The monoisotopic (exact) mass is 312 g/mol. The minimum atomic E-state index is -0.668. The van der Waals surface area contributed by atoms with Crippen LogP contribution in [0.25, 0.3) is 5.69 Å². The van der Waals surface area contributed by atoms with Gasteiger partial charge in [0.15, 0.2) is 0 Å². The number of nitrogens with zero attached hydrogens (tertiary/aromatic N) is 4. The molecule has 0 aliphatic heterocycles. The van der Waals surface area contributed by atoms with Gasteiger partial charge in [-0.05, 0) is 25.1 Å². The van der Waals surface area contributed by atoms with Crippen LogP contribution in [0.1, 0.15) is 29.1 Å². The molecule has 0 saturated heterocycles. The van der Waals surface area contributed by atoms with Crippen molar-refractivity contribution in [3.05, 3.63) is 72.1 Å². The van der Waals surface area contributed by atoms with E-state index in [-0.39, 0.29) is 5.56 Å². The quantitative estimate of drug-likeness (QED) is 0.693. The molecule has 23 heavy (non-hydrogen) atoms. The van der Waals surface area contributed by atoms with E-state index in [0.717, 1.165) is 18.0 Å². The molecular formula is C16H13FN4O2. The SMILES string of the molecule is C[C@@H](OC(=O)c1cncc(F)c1)c1cn(-c2ccccc2)nn1. The number of benzene rings is 1. The highest BCUT2D eigenvalue weighted by Gasteiger charge is 2.17. The molecule has 116 valence electrons. The van der Waals surface area contributed by atoms with Gasteiger partial charge in [-0.2, -0.15) is 0 Å². The van der Waals surface area contributed by atoms with Crippen LogP contribution in [0.5, 0.6) is 0 Å². The van der Waals surface area contributed by atoms with E-state index >= 15 is 0 Å². The lowest BCUT2D eigenvalue weighted by Crippen LogP contribution is -2.10. The van der Waals surface area contributed by atoms with Gasteiger partial charge in [-0.3, -0.25) is 4.98 Å². The van der Waals surface area contributed by atoms with Crippen molar-refractivity contribution < 1.29 is 13.9 Å². The lowest BCUT2D eigenvalue weighted by atomic mass is 10.2. The molecule has 0 fully saturated rings. The minimum Gasteiger partial charge on any atom is -0.452 e. The van der Waals surface area contributed by atoms with Crippen LogP contribution in [0.4, 0.5) is 4.39 Å². The van der Waals surface area contributed by atoms with E-state index in [4.69, 9.17) is 4.74 Å². The van der Waals surface area contributed by atoms with Crippen molar-refractivity contribution in [1.82, 2.24) is 20.0 Å². The van der Waals surface area contributed by atoms with Gasteiger partial charge in [-0.1, -0.05) is 23.4 Å². The van der Waals surface area contributed by atoms with Crippen molar-refractivity contribution in [3.8, 4) is 5.69 Å². The predicted octanol–water partition coefficient (Wildman–Crippen LogP) is 2.72. The molecule has 1 atom stereocenters. The molecule has 1 aromatic carbocycles. The van der Waals surface area contributed by atoms with E-state index in [1.165, 1.54) is 6.20 Å². The van der Waals surface area contributed by atoms with Gasteiger partial charge in [-0.25, -0.2) is 13.9 Å². The number of carbonyl (C=O) groups excluding carboxylic acids is 1. The summed E-state index contributed by atoms with van der Waals surface area (Å²) in [5, 5.41) is 8.01. The summed E-state index contributed by atoms with van der Waals surface area (Å²) in [6, 6.07) is 10.5. The van der Waals surface area contributed by atoms with Gasteiger partial charge in [0, 0.05) is 6.20 Å². The van der Waals surface area contributed by atoms with Crippen LogP contribution in [-0.2, 0) is 4.74 Å². The Bertz CT molecular complexity index is 820. The van der Waals surface area contributed by atoms with Crippen LogP contribution in [0.2, 0.25) is 0 Å². The van der Waals surface area contributed by atoms with Gasteiger partial charge in [0.2, 0.25) is 0 Å². The third-order valence-electron chi connectivity index (χ3n) is 3.17. The molecule has 0 aliphatic rings. The molecule has 6 nitrogen and oxygen atoms in total. The van der Waals surface area contributed by atoms with Crippen molar-refractivity contribution in [2.24, 2.45) is 0 Å². The molecule has 3 aromatic rings. The zero-order valence-corrected chi connectivity index (χ0v) is 12.3. The molecule has 0 radical (unpaired) electrons. The number of aromatic nitrogens is 4. The Morgan fingerprint density at radius 1 is 1.26 bits per heavy atom. The predicted molar refractivity (Wildman–Crippen MR) is 79.4 cm³/mol. The number of hydrogen-bond acceptors (Lipinski definition) is 5. The summed E-state index contributed by atoms with van der Waals surface area (Å²) in [4.78, 5) is 15.6. The lowest BCUT2D eigenvalue weighted by Gasteiger charge is -2.10. The Morgan fingerprint density at radius 3 is 2.78 bits per heavy atom. The second-order valence-corrected chi connectivity index (χ2v) is 4.86. The maximum absolute atomic E-state index is 13.1. The number of pyridine rings is 1. The van der Waals surface area contributed by atoms with Crippen LogP contribution in [0, 0.1) is 5.82 Å². The maximum Gasteiger partial charge on any atom is 0.340 e. The Balaban J connectivity index is 1.73. The van der Waals surface area contributed by atoms with E-state index in [1.54, 1.807) is 17.8 Å². The van der Waals surface area contributed by atoms with Gasteiger partial charge in [0.1, 0.15) is 17.6 Å². The third-order valence-corrected chi connectivity index (χ3v) is 3.17. The van der Waals surface area contributed by atoms with Crippen LogP contribution < -0.4 is 0 Å². The summed E-state index contributed by atoms with van der Waals surface area (Å²) < 4.78 is 19.9. The number of halogens is 1. The zero-order chi connectivity index (χ0) is 16.2. The Kier molecular flexibility index (Phi) is 4.09. The first-order valence-electron chi connectivity index (χ1n) is 6.92. The van der Waals surface area contributed by atoms with Gasteiger partial charge >= 0.3 is 5.97 Å². The number of para-hydroxylation sites is 1. The highest BCUT2D eigenvalue weighted by atomic mass is 19.1. The average Bonchev–Trinajstić information content (AvgIpc) is 3.06. The van der Waals surface area contributed by atoms with Crippen LogP contribution >= 0.6 is 0 Å². The van der Waals surface area contributed by atoms with E-state index < -0.39 is 17.9 Å². The van der Waals surface area contributed by atoms with Crippen LogP contribution in [0.15, 0.2) is 55.0 Å². The summed E-state index contributed by atoms with van der Waals surface area (Å²) in [6.07, 6.45) is 3.32. The topological polar surface area (TPSA) is 69.9 Å². The van der Waals surface area contributed by atoms with Gasteiger partial charge in [0.05, 0.1) is 23.6 Å². The molecule has 3 rings (SSSR count). The average molecular weight is 312 g/mol. The highest BCUT2D eigenvalue weighted by molar-refractivity contribution is 5.89. The Morgan fingerprint density at radius 2 is 2.04 bits per heavy atom. The van der Waals surface area contributed by atoms with Crippen molar-refractivity contribution >= 4 is 5.97 Å². The molecule has 0 saturated carbocycles. The number of hydrogen-bond donors (Lipinski definition) is 0. The summed E-state index contributed by atoms with van der Waals surface area (Å²) in [6.45, 7) is 1.67. The molecular weight excluding hydrogens is 299 g/mol. The summed E-state index contributed by atoms with van der Waals surface area (Å²) >= 11 is 0. The number of ether oxygens (including phenoxy) is 1. The fourth-order valence-electron chi connectivity index (χ4n) is 1.98. The zero-order valence-electron chi connectivity index (χ0n) is 12.3. The molecule has 0 N–H and O–H groups in total. The highest BCUT2D eigenvalue weighted by Crippen LogP contribution is 2.17. The van der Waals surface area contributed by atoms with E-state index in [2.05, 4.69) is 15.3 Å². The molecule has 2 aromatic heterocycles. The van der Waals surface area contributed by atoms with E-state index in [9.17, 15) is 9.18 Å². The summed E-state index contributed by atoms with van der Waals surface area (Å²) in [7, 11) is 0. The number of esters is 1. The lowest BCUT2D eigenvalue weighted by molar-refractivity contribution is 0.0328. The first kappa shape index (κ1) is 14.8. The fraction of sp³-hybridized carbons (Fsp3) is 0.125. The van der Waals surface area contributed by atoms with Crippen molar-refractivity contribution in [2.45, 2.75) is 13.0 Å². The Labute approximate surface area is 131 Å². The summed E-state index contributed by atoms with van der Waals surface area (Å²) in [5.74, 6) is -1.26. The maximum atomic E-state index is 13.1. The van der Waals surface area contributed by atoms with Gasteiger partial charge < -0.3 is 4.74 Å². The van der Waals surface area contributed by atoms with Crippen LogP contribution in [0.3, 0.4) is 0 Å².